The number of rotatable bonds is 1. The Labute approximate surface area is 114 Å². The minimum atomic E-state index is -0.586. The van der Waals surface area contributed by atoms with E-state index in [0.717, 1.165) is 12.8 Å². The lowest BCUT2D eigenvalue weighted by Gasteiger charge is -2.52. The van der Waals surface area contributed by atoms with Crippen molar-refractivity contribution in [2.24, 2.45) is 16.7 Å². The highest BCUT2D eigenvalue weighted by molar-refractivity contribution is 6.02. The number of nitrogens with zero attached hydrogens (tertiary/aromatic N) is 1. The zero-order valence-corrected chi connectivity index (χ0v) is 11.9. The van der Waals surface area contributed by atoms with Crippen LogP contribution < -0.4 is 0 Å². The van der Waals surface area contributed by atoms with Crippen molar-refractivity contribution in [2.75, 3.05) is 0 Å². The summed E-state index contributed by atoms with van der Waals surface area (Å²) in [5.74, 6) is 0.656. The number of carbonyl (C=O) groups is 1. The summed E-state index contributed by atoms with van der Waals surface area (Å²) in [6, 6.07) is 0. The van der Waals surface area contributed by atoms with Crippen LogP contribution in [0.1, 0.15) is 46.5 Å². The van der Waals surface area contributed by atoms with Gasteiger partial charge in [-0.3, -0.25) is 0 Å². The molecule has 2 aliphatic carbocycles. The lowest BCUT2D eigenvalue weighted by molar-refractivity contribution is -0.174. The van der Waals surface area contributed by atoms with Crippen molar-refractivity contribution in [3.63, 3.8) is 0 Å². The van der Waals surface area contributed by atoms with Crippen LogP contribution in [0.2, 0.25) is 0 Å². The van der Waals surface area contributed by atoms with Gasteiger partial charge in [0.1, 0.15) is 0 Å². The maximum absolute atomic E-state index is 12.4. The number of allylic oxidation sites excluding steroid dienone is 1. The van der Waals surface area contributed by atoms with Crippen LogP contribution in [-0.4, -0.2) is 18.0 Å². The Morgan fingerprint density at radius 3 is 2.58 bits per heavy atom. The Bertz CT molecular complexity index is 495. The van der Waals surface area contributed by atoms with Crippen LogP contribution in [0.15, 0.2) is 11.8 Å². The van der Waals surface area contributed by atoms with Crippen molar-refractivity contribution < 1.29 is 9.53 Å². The van der Waals surface area contributed by atoms with Crippen LogP contribution in [0, 0.1) is 23.3 Å². The van der Waals surface area contributed by atoms with Crippen molar-refractivity contribution in [1.29, 1.82) is 0 Å². The fraction of sp³-hybridized carbons (Fsp3) is 0.750. The molecule has 0 bridgehead atoms. The quantitative estimate of drug-likeness (QED) is 0.676. The van der Waals surface area contributed by atoms with Gasteiger partial charge in [-0.05, 0) is 31.6 Å². The van der Waals surface area contributed by atoms with Gasteiger partial charge in [-0.2, -0.15) is 0 Å². The van der Waals surface area contributed by atoms with Crippen molar-refractivity contribution in [3.8, 4) is 0 Å². The molecule has 0 radical (unpaired) electrons. The molecular formula is C16H21NO2. The molecule has 0 amide bonds. The van der Waals surface area contributed by atoms with Crippen LogP contribution in [0.25, 0.3) is 4.85 Å². The number of Topliss-reactive ketones (excluding diaryl/α,β-unsaturated/α-hetero) is 1. The van der Waals surface area contributed by atoms with E-state index in [9.17, 15) is 4.79 Å². The summed E-state index contributed by atoms with van der Waals surface area (Å²) in [4.78, 5) is 15.8. The Hall–Kier alpha value is -1.14. The number of hydrogen-bond donors (Lipinski definition) is 0. The van der Waals surface area contributed by atoms with Crippen LogP contribution >= 0.6 is 0 Å². The standard InChI is InChI=1S/C16H21NO2/c1-15(2)13(18)11(17-4)9-16(3)8-7-12(10-5-6-10)19-14(15)16/h9-10,12,14H,5-8H2,1-3H3/t12-,14-,16-/m0/s1. The highest BCUT2D eigenvalue weighted by Gasteiger charge is 2.55. The summed E-state index contributed by atoms with van der Waals surface area (Å²) >= 11 is 0. The van der Waals surface area contributed by atoms with E-state index in [0.29, 0.717) is 17.7 Å². The van der Waals surface area contributed by atoms with E-state index < -0.39 is 5.41 Å². The van der Waals surface area contributed by atoms with Gasteiger partial charge < -0.3 is 9.53 Å². The summed E-state index contributed by atoms with van der Waals surface area (Å²) in [5, 5.41) is 0. The Balaban J connectivity index is 1.98. The molecule has 0 N–H and O–H groups in total. The molecule has 0 aromatic carbocycles. The van der Waals surface area contributed by atoms with Crippen molar-refractivity contribution in [2.45, 2.75) is 58.7 Å². The van der Waals surface area contributed by atoms with Crippen LogP contribution in [-0.2, 0) is 9.53 Å². The molecule has 1 aliphatic heterocycles. The second-order valence-electron chi connectivity index (χ2n) is 7.13. The van der Waals surface area contributed by atoms with Gasteiger partial charge in [0, 0.05) is 10.8 Å². The maximum Gasteiger partial charge on any atom is 0.226 e. The molecule has 2 fully saturated rings. The van der Waals surface area contributed by atoms with E-state index in [2.05, 4.69) is 11.8 Å². The molecule has 3 heteroatoms. The van der Waals surface area contributed by atoms with Gasteiger partial charge in [0.05, 0.1) is 18.8 Å². The normalized spacial score (nSPS) is 41.2. The van der Waals surface area contributed by atoms with Gasteiger partial charge in [-0.1, -0.05) is 26.8 Å². The largest absolute Gasteiger partial charge is 0.373 e. The minimum absolute atomic E-state index is 0.0542. The number of ether oxygens (including phenoxy) is 1. The molecule has 19 heavy (non-hydrogen) atoms. The molecule has 3 aliphatic rings. The summed E-state index contributed by atoms with van der Waals surface area (Å²) in [6.45, 7) is 13.2. The van der Waals surface area contributed by atoms with E-state index in [1.807, 2.05) is 19.9 Å². The Morgan fingerprint density at radius 2 is 2.00 bits per heavy atom. The Kier molecular flexibility index (Phi) is 2.66. The molecule has 3 nitrogen and oxygen atoms in total. The maximum atomic E-state index is 12.4. The third-order valence-corrected chi connectivity index (χ3v) is 5.09. The summed E-state index contributed by atoms with van der Waals surface area (Å²) in [6.07, 6.45) is 6.74. The molecule has 0 aromatic heterocycles. The second-order valence-corrected chi connectivity index (χ2v) is 7.13. The summed E-state index contributed by atoms with van der Waals surface area (Å²) in [5.41, 5.74) is -0.447. The molecule has 0 spiro atoms. The van der Waals surface area contributed by atoms with Gasteiger partial charge in [0.15, 0.2) is 5.78 Å². The molecular weight excluding hydrogens is 238 g/mol. The first-order valence-corrected chi connectivity index (χ1v) is 7.19. The lowest BCUT2D eigenvalue weighted by Crippen LogP contribution is -2.56. The average Bonchev–Trinajstić information content (AvgIpc) is 3.18. The third-order valence-electron chi connectivity index (χ3n) is 5.09. The average molecular weight is 259 g/mol. The highest BCUT2D eigenvalue weighted by atomic mass is 16.5. The molecule has 1 saturated carbocycles. The van der Waals surface area contributed by atoms with Crippen LogP contribution in [0.4, 0.5) is 0 Å². The fourth-order valence-corrected chi connectivity index (χ4v) is 3.85. The van der Waals surface area contributed by atoms with Crippen LogP contribution in [0.5, 0.6) is 0 Å². The number of ketones is 1. The smallest absolute Gasteiger partial charge is 0.226 e. The first-order valence-electron chi connectivity index (χ1n) is 7.19. The molecule has 3 rings (SSSR count). The van der Waals surface area contributed by atoms with Gasteiger partial charge in [0.2, 0.25) is 5.70 Å². The van der Waals surface area contributed by atoms with E-state index in [4.69, 9.17) is 11.3 Å². The Morgan fingerprint density at radius 1 is 1.32 bits per heavy atom. The zero-order chi connectivity index (χ0) is 13.8. The minimum Gasteiger partial charge on any atom is -0.373 e. The van der Waals surface area contributed by atoms with Gasteiger partial charge >= 0.3 is 0 Å². The first-order chi connectivity index (χ1) is 8.88. The molecule has 1 saturated heterocycles. The predicted molar refractivity (Wildman–Crippen MR) is 72.2 cm³/mol. The van der Waals surface area contributed by atoms with E-state index in [-0.39, 0.29) is 17.3 Å². The summed E-state index contributed by atoms with van der Waals surface area (Å²) in [7, 11) is 0. The first kappa shape index (κ1) is 12.9. The number of fused-ring (bicyclic) bond motifs is 1. The SMILES string of the molecule is [C-]#[N+]C1=C[C@]2(C)CC[C@@H](C3CC3)O[C@H]2C(C)(C)C1=O. The molecule has 0 unspecified atom stereocenters. The van der Waals surface area contributed by atoms with E-state index >= 15 is 0 Å². The number of hydrogen-bond acceptors (Lipinski definition) is 2. The topological polar surface area (TPSA) is 30.7 Å². The second kappa shape index (κ2) is 3.93. The number of carbonyl (C=O) groups excluding carboxylic acids is 1. The fourth-order valence-electron chi connectivity index (χ4n) is 3.85. The third kappa shape index (κ3) is 1.85. The highest BCUT2D eigenvalue weighted by Crippen LogP contribution is 2.53. The van der Waals surface area contributed by atoms with Crippen molar-refractivity contribution in [1.82, 2.24) is 0 Å². The van der Waals surface area contributed by atoms with Crippen LogP contribution in [0.3, 0.4) is 0 Å². The predicted octanol–water partition coefficient (Wildman–Crippen LogP) is 3.36. The molecule has 0 aromatic rings. The monoisotopic (exact) mass is 259 g/mol. The van der Waals surface area contributed by atoms with Crippen molar-refractivity contribution >= 4 is 5.78 Å². The van der Waals surface area contributed by atoms with Crippen molar-refractivity contribution in [3.05, 3.63) is 23.2 Å². The van der Waals surface area contributed by atoms with Gasteiger partial charge in [0.25, 0.3) is 0 Å². The molecule has 3 atom stereocenters. The molecule has 102 valence electrons. The lowest BCUT2D eigenvalue weighted by atomic mass is 9.61. The van der Waals surface area contributed by atoms with E-state index in [1.54, 1.807) is 0 Å². The summed E-state index contributed by atoms with van der Waals surface area (Å²) < 4.78 is 6.33. The van der Waals surface area contributed by atoms with Gasteiger partial charge in [-0.15, -0.1) is 0 Å². The zero-order valence-electron chi connectivity index (χ0n) is 11.9. The van der Waals surface area contributed by atoms with Gasteiger partial charge in [-0.25, -0.2) is 4.85 Å². The van der Waals surface area contributed by atoms with E-state index in [1.165, 1.54) is 12.8 Å². The molecule has 1 heterocycles.